The molecule has 0 saturated heterocycles. The van der Waals surface area contributed by atoms with Gasteiger partial charge in [0.05, 0.1) is 11.1 Å². The number of aromatic amines is 1. The van der Waals surface area contributed by atoms with Crippen LogP contribution >= 0.6 is 0 Å². The second-order valence-corrected chi connectivity index (χ2v) is 10.1. The molecule has 34 heavy (non-hydrogen) atoms. The van der Waals surface area contributed by atoms with E-state index in [9.17, 15) is 5.11 Å². The van der Waals surface area contributed by atoms with Crippen molar-refractivity contribution in [1.29, 1.82) is 0 Å². The lowest BCUT2D eigenvalue weighted by Gasteiger charge is -2.18. The van der Waals surface area contributed by atoms with Crippen LogP contribution in [-0.2, 0) is 18.4 Å². The molecular formula is C29H34N4O. The Morgan fingerprint density at radius 2 is 2.00 bits per heavy atom. The molecule has 0 radical (unpaired) electrons. The van der Waals surface area contributed by atoms with Crippen molar-refractivity contribution in [3.05, 3.63) is 82.8 Å². The van der Waals surface area contributed by atoms with Gasteiger partial charge in [-0.15, -0.1) is 0 Å². The summed E-state index contributed by atoms with van der Waals surface area (Å²) in [5.74, 6) is 0.545. The van der Waals surface area contributed by atoms with Crippen molar-refractivity contribution in [1.82, 2.24) is 9.97 Å². The van der Waals surface area contributed by atoms with Gasteiger partial charge in [-0.1, -0.05) is 25.1 Å². The molecule has 5 heteroatoms. The third-order valence-corrected chi connectivity index (χ3v) is 7.06. The molecule has 2 heterocycles. The van der Waals surface area contributed by atoms with Crippen LogP contribution in [0.15, 0.2) is 54.9 Å². The van der Waals surface area contributed by atoms with Crippen LogP contribution in [0, 0.1) is 6.92 Å². The second-order valence-electron chi connectivity index (χ2n) is 10.1. The normalized spacial score (nSPS) is 15.5. The summed E-state index contributed by atoms with van der Waals surface area (Å²) in [5, 5.41) is 18.9. The number of aromatic nitrogens is 2. The van der Waals surface area contributed by atoms with E-state index in [2.05, 4.69) is 71.0 Å². The van der Waals surface area contributed by atoms with Crippen LogP contribution in [0.25, 0.3) is 10.9 Å². The fraction of sp³-hybridized carbons (Fsp3) is 0.345. The lowest BCUT2D eigenvalue weighted by Crippen LogP contribution is -2.15. The van der Waals surface area contributed by atoms with E-state index in [0.29, 0.717) is 5.92 Å². The lowest BCUT2D eigenvalue weighted by molar-refractivity contribution is 0.0800. The number of aryl methyl sites for hydroxylation is 1. The number of H-pyrrole nitrogens is 1. The number of anilines is 3. The highest BCUT2D eigenvalue weighted by molar-refractivity contribution is 5.86. The maximum Gasteiger partial charge on any atom is 0.0860 e. The van der Waals surface area contributed by atoms with E-state index in [4.69, 9.17) is 0 Å². The first kappa shape index (κ1) is 22.5. The Morgan fingerprint density at radius 1 is 1.15 bits per heavy atom. The molecule has 0 saturated carbocycles. The third-order valence-electron chi connectivity index (χ3n) is 7.06. The molecule has 4 N–H and O–H groups in total. The van der Waals surface area contributed by atoms with Crippen LogP contribution in [0.1, 0.15) is 61.1 Å². The molecule has 0 bridgehead atoms. The van der Waals surface area contributed by atoms with E-state index >= 15 is 0 Å². The van der Waals surface area contributed by atoms with Crippen LogP contribution in [0.5, 0.6) is 0 Å². The molecule has 0 amide bonds. The first-order chi connectivity index (χ1) is 16.3. The molecular weight excluding hydrogens is 420 g/mol. The van der Waals surface area contributed by atoms with Gasteiger partial charge in [0.15, 0.2) is 0 Å². The summed E-state index contributed by atoms with van der Waals surface area (Å²) in [6, 6.07) is 14.7. The van der Waals surface area contributed by atoms with Gasteiger partial charge in [0, 0.05) is 52.6 Å². The predicted molar refractivity (Wildman–Crippen MR) is 141 cm³/mol. The van der Waals surface area contributed by atoms with Crippen LogP contribution in [0.3, 0.4) is 0 Å². The van der Waals surface area contributed by atoms with E-state index in [1.165, 1.54) is 39.9 Å². The van der Waals surface area contributed by atoms with Gasteiger partial charge in [0.2, 0.25) is 0 Å². The Kier molecular flexibility index (Phi) is 5.82. The van der Waals surface area contributed by atoms with Gasteiger partial charge >= 0.3 is 0 Å². The summed E-state index contributed by atoms with van der Waals surface area (Å²) in [4.78, 5) is 7.97. The molecule has 5 rings (SSSR count). The summed E-state index contributed by atoms with van der Waals surface area (Å²) in [5.41, 5.74) is 9.58. The topological polar surface area (TPSA) is 73.0 Å². The van der Waals surface area contributed by atoms with Crippen molar-refractivity contribution in [3.8, 4) is 0 Å². The fourth-order valence-electron chi connectivity index (χ4n) is 5.17. The number of benzene rings is 2. The Labute approximate surface area is 201 Å². The van der Waals surface area contributed by atoms with Crippen molar-refractivity contribution in [3.63, 3.8) is 0 Å². The Morgan fingerprint density at radius 3 is 2.79 bits per heavy atom. The highest BCUT2D eigenvalue weighted by atomic mass is 16.3. The third kappa shape index (κ3) is 4.28. The molecule has 2 aromatic heterocycles. The smallest absolute Gasteiger partial charge is 0.0860 e. The quantitative estimate of drug-likeness (QED) is 0.256. The van der Waals surface area contributed by atoms with Gasteiger partial charge in [-0.3, -0.25) is 4.98 Å². The van der Waals surface area contributed by atoms with E-state index < -0.39 is 5.60 Å². The molecule has 2 aromatic carbocycles. The van der Waals surface area contributed by atoms with Crippen LogP contribution < -0.4 is 10.6 Å². The molecule has 1 aliphatic carbocycles. The lowest BCUT2D eigenvalue weighted by atomic mass is 9.95. The van der Waals surface area contributed by atoms with E-state index in [-0.39, 0.29) is 0 Å². The first-order valence-corrected chi connectivity index (χ1v) is 12.2. The molecule has 0 spiro atoms. The average Bonchev–Trinajstić information content (AvgIpc) is 3.39. The van der Waals surface area contributed by atoms with Crippen molar-refractivity contribution in [2.24, 2.45) is 0 Å². The molecule has 176 valence electrons. The number of nitrogens with one attached hydrogen (secondary N) is 3. The number of hydrogen-bond donors (Lipinski definition) is 4. The van der Waals surface area contributed by atoms with Gasteiger partial charge in [0.25, 0.3) is 0 Å². The molecule has 4 aromatic rings. The van der Waals surface area contributed by atoms with Crippen LogP contribution in [0.2, 0.25) is 0 Å². The number of hydrogen-bond acceptors (Lipinski definition) is 4. The van der Waals surface area contributed by atoms with E-state index in [1.54, 1.807) is 0 Å². The van der Waals surface area contributed by atoms with Crippen molar-refractivity contribution < 1.29 is 5.11 Å². The minimum Gasteiger partial charge on any atom is -0.386 e. The summed E-state index contributed by atoms with van der Waals surface area (Å²) in [6.07, 6.45) is 7.15. The zero-order valence-corrected chi connectivity index (χ0v) is 20.5. The standard InChI is InChI=1S/C29H34N4O/c1-18-8-10-23-26(13-15-31-27(18)23)33-21-9-11-25(19(2)16-21)30-14-12-20-17-32-28-22(20)6-5-7-24(28)29(3,4)34/h5-7,9,11,13,15-18,30,32,34H,8,10,12,14H2,1-4H3,(H,31,33). The SMILES string of the molecule is Cc1cc(Nc2ccnc3c2CCC3C)ccc1NCCc1c[nH]c2c(C(C)(C)O)cccc12. The second kappa shape index (κ2) is 8.80. The monoisotopic (exact) mass is 454 g/mol. The molecule has 5 nitrogen and oxygen atoms in total. The van der Waals surface area contributed by atoms with Gasteiger partial charge < -0.3 is 20.7 Å². The van der Waals surface area contributed by atoms with E-state index in [1.807, 2.05) is 32.2 Å². The van der Waals surface area contributed by atoms with Gasteiger partial charge in [-0.25, -0.2) is 0 Å². The van der Waals surface area contributed by atoms with Gasteiger partial charge in [0.1, 0.15) is 0 Å². The summed E-state index contributed by atoms with van der Waals surface area (Å²) in [7, 11) is 0. The number of pyridine rings is 1. The van der Waals surface area contributed by atoms with Crippen molar-refractivity contribution in [2.75, 3.05) is 17.2 Å². The largest absolute Gasteiger partial charge is 0.386 e. The predicted octanol–water partition coefficient (Wildman–Crippen LogP) is 6.55. The maximum absolute atomic E-state index is 10.5. The fourth-order valence-corrected chi connectivity index (χ4v) is 5.17. The number of fused-ring (bicyclic) bond motifs is 2. The van der Waals surface area contributed by atoms with Gasteiger partial charge in [-0.05, 0) is 86.9 Å². The van der Waals surface area contributed by atoms with Crippen molar-refractivity contribution >= 4 is 28.0 Å². The molecule has 1 unspecified atom stereocenters. The van der Waals surface area contributed by atoms with Gasteiger partial charge in [-0.2, -0.15) is 0 Å². The number of aliphatic hydroxyl groups is 1. The zero-order chi connectivity index (χ0) is 23.9. The molecule has 0 aliphatic heterocycles. The maximum atomic E-state index is 10.5. The minimum absolute atomic E-state index is 0.545. The van der Waals surface area contributed by atoms with Crippen LogP contribution in [0.4, 0.5) is 17.1 Å². The van der Waals surface area contributed by atoms with E-state index in [0.717, 1.165) is 41.8 Å². The molecule has 1 atom stereocenters. The Hall–Kier alpha value is -3.31. The summed E-state index contributed by atoms with van der Waals surface area (Å²) < 4.78 is 0. The number of rotatable bonds is 7. The Bertz CT molecular complexity index is 1330. The number of nitrogens with zero attached hydrogens (tertiary/aromatic N) is 1. The van der Waals surface area contributed by atoms with Crippen LogP contribution in [-0.4, -0.2) is 21.6 Å². The summed E-state index contributed by atoms with van der Waals surface area (Å²) in [6.45, 7) is 8.90. The number of para-hydroxylation sites is 1. The average molecular weight is 455 g/mol. The molecule has 1 aliphatic rings. The van der Waals surface area contributed by atoms with Crippen molar-refractivity contribution in [2.45, 2.75) is 58.5 Å². The first-order valence-electron chi connectivity index (χ1n) is 12.2. The highest BCUT2D eigenvalue weighted by Gasteiger charge is 2.23. The zero-order valence-electron chi connectivity index (χ0n) is 20.5. The summed E-state index contributed by atoms with van der Waals surface area (Å²) >= 11 is 0. The molecule has 0 fully saturated rings. The highest BCUT2D eigenvalue weighted by Crippen LogP contribution is 2.36. The Balaban J connectivity index is 1.26. The minimum atomic E-state index is -0.874.